The zero-order valence-electron chi connectivity index (χ0n) is 10.2. The van der Waals surface area contributed by atoms with Crippen LogP contribution in [0.2, 0.25) is 0 Å². The van der Waals surface area contributed by atoms with Gasteiger partial charge in [-0.1, -0.05) is 11.6 Å². The lowest BCUT2D eigenvalue weighted by molar-refractivity contribution is 0.244. The van der Waals surface area contributed by atoms with E-state index in [-0.39, 0.29) is 0 Å². The number of aromatic amines is 1. The first-order valence-electron chi connectivity index (χ1n) is 5.98. The molecule has 0 aliphatic carbocycles. The van der Waals surface area contributed by atoms with Gasteiger partial charge in [-0.3, -0.25) is 4.90 Å². The molecule has 1 unspecified atom stereocenters. The van der Waals surface area contributed by atoms with E-state index in [0.29, 0.717) is 6.04 Å². The largest absolute Gasteiger partial charge is 0.357 e. The van der Waals surface area contributed by atoms with Crippen molar-refractivity contribution in [2.45, 2.75) is 26.3 Å². The maximum absolute atomic E-state index is 3.58. The minimum Gasteiger partial charge on any atom is -0.357 e. The van der Waals surface area contributed by atoms with Gasteiger partial charge in [0.05, 0.1) is 0 Å². The van der Waals surface area contributed by atoms with E-state index < -0.39 is 0 Å². The highest BCUT2D eigenvalue weighted by Crippen LogP contribution is 2.33. The van der Waals surface area contributed by atoms with Gasteiger partial charge in [-0.2, -0.15) is 0 Å². The summed E-state index contributed by atoms with van der Waals surface area (Å²) in [5.41, 5.74) is 5.58. The van der Waals surface area contributed by atoms with E-state index in [9.17, 15) is 0 Å². The average Bonchev–Trinajstić information content (AvgIpc) is 2.62. The first-order chi connectivity index (χ1) is 7.66. The van der Waals surface area contributed by atoms with E-state index in [4.69, 9.17) is 0 Å². The number of rotatable bonds is 0. The fourth-order valence-electron chi connectivity index (χ4n) is 2.71. The molecule has 2 aromatic rings. The third kappa shape index (κ3) is 1.30. The lowest BCUT2D eigenvalue weighted by atomic mass is 9.98. The molecule has 1 aliphatic heterocycles. The maximum Gasteiger partial charge on any atom is 0.0470 e. The first kappa shape index (κ1) is 9.91. The van der Waals surface area contributed by atoms with E-state index in [0.717, 1.165) is 6.54 Å². The maximum atomic E-state index is 3.58. The van der Waals surface area contributed by atoms with Gasteiger partial charge in [0.15, 0.2) is 0 Å². The topological polar surface area (TPSA) is 19.0 Å². The van der Waals surface area contributed by atoms with Crippen molar-refractivity contribution in [3.8, 4) is 0 Å². The van der Waals surface area contributed by atoms with Gasteiger partial charge in [-0.25, -0.2) is 0 Å². The van der Waals surface area contributed by atoms with Crippen LogP contribution in [0.4, 0.5) is 0 Å². The van der Waals surface area contributed by atoms with E-state index in [1.165, 1.54) is 34.1 Å². The number of likely N-dealkylation sites (N-methyl/N-ethyl adjacent to an activating group) is 1. The lowest BCUT2D eigenvalue weighted by Gasteiger charge is -2.29. The summed E-state index contributed by atoms with van der Waals surface area (Å²) in [5, 5.41) is 1.43. The Bertz CT molecular complexity index is 539. The van der Waals surface area contributed by atoms with Gasteiger partial charge in [0.1, 0.15) is 0 Å². The Hall–Kier alpha value is -1.28. The molecule has 0 amide bonds. The minimum atomic E-state index is 0.511. The molecule has 0 bridgehead atoms. The van der Waals surface area contributed by atoms with E-state index in [1.807, 2.05) is 0 Å². The highest BCUT2D eigenvalue weighted by molar-refractivity contribution is 5.85. The summed E-state index contributed by atoms with van der Waals surface area (Å²) in [6.45, 7) is 5.60. The third-order valence-corrected chi connectivity index (χ3v) is 3.89. The van der Waals surface area contributed by atoms with Crippen molar-refractivity contribution in [2.24, 2.45) is 0 Å². The smallest absolute Gasteiger partial charge is 0.0470 e. The third-order valence-electron chi connectivity index (χ3n) is 3.89. The van der Waals surface area contributed by atoms with Gasteiger partial charge in [0.2, 0.25) is 0 Å². The van der Waals surface area contributed by atoms with Crippen molar-refractivity contribution in [1.82, 2.24) is 9.88 Å². The van der Waals surface area contributed by atoms with Gasteiger partial charge in [-0.05, 0) is 45.0 Å². The predicted molar refractivity (Wildman–Crippen MR) is 67.8 cm³/mol. The van der Waals surface area contributed by atoms with Gasteiger partial charge in [-0.15, -0.1) is 0 Å². The van der Waals surface area contributed by atoms with E-state index >= 15 is 0 Å². The zero-order valence-corrected chi connectivity index (χ0v) is 10.2. The van der Waals surface area contributed by atoms with Crippen LogP contribution in [0.5, 0.6) is 0 Å². The molecule has 2 heteroatoms. The molecule has 1 aromatic carbocycles. The van der Waals surface area contributed by atoms with Gasteiger partial charge < -0.3 is 4.98 Å². The van der Waals surface area contributed by atoms with Crippen molar-refractivity contribution >= 4 is 10.9 Å². The monoisotopic (exact) mass is 214 g/mol. The molecular weight excluding hydrogens is 196 g/mol. The Kier molecular flexibility index (Phi) is 2.08. The summed E-state index contributed by atoms with van der Waals surface area (Å²) in [6, 6.07) is 7.20. The Balaban J connectivity index is 2.26. The Morgan fingerprint density at radius 1 is 1.38 bits per heavy atom. The summed E-state index contributed by atoms with van der Waals surface area (Å²) >= 11 is 0. The fraction of sp³-hybridized carbons (Fsp3) is 0.429. The van der Waals surface area contributed by atoms with Crippen LogP contribution in [0, 0.1) is 6.92 Å². The zero-order chi connectivity index (χ0) is 11.3. The number of nitrogens with zero attached hydrogens (tertiary/aromatic N) is 1. The first-order valence-corrected chi connectivity index (χ1v) is 5.98. The molecule has 84 valence electrons. The Morgan fingerprint density at radius 2 is 2.19 bits per heavy atom. The quantitative estimate of drug-likeness (QED) is 0.714. The molecule has 2 nitrogen and oxygen atoms in total. The van der Waals surface area contributed by atoms with Crippen LogP contribution in [-0.2, 0) is 6.42 Å². The van der Waals surface area contributed by atoms with Crippen molar-refractivity contribution in [2.75, 3.05) is 13.6 Å². The van der Waals surface area contributed by atoms with Crippen LogP contribution in [-0.4, -0.2) is 23.5 Å². The second kappa shape index (κ2) is 3.36. The van der Waals surface area contributed by atoms with Crippen LogP contribution in [0.1, 0.15) is 29.8 Å². The molecule has 0 saturated heterocycles. The van der Waals surface area contributed by atoms with Gasteiger partial charge in [0, 0.05) is 29.2 Å². The van der Waals surface area contributed by atoms with Crippen molar-refractivity contribution in [3.63, 3.8) is 0 Å². The molecule has 1 atom stereocenters. The highest BCUT2D eigenvalue weighted by atomic mass is 15.1. The summed E-state index contributed by atoms with van der Waals surface area (Å²) in [7, 11) is 2.20. The second-order valence-electron chi connectivity index (χ2n) is 4.97. The van der Waals surface area contributed by atoms with Gasteiger partial charge >= 0.3 is 0 Å². The van der Waals surface area contributed by atoms with Crippen molar-refractivity contribution in [3.05, 3.63) is 35.0 Å². The number of fused-ring (bicyclic) bond motifs is 3. The van der Waals surface area contributed by atoms with Crippen LogP contribution >= 0.6 is 0 Å². The Morgan fingerprint density at radius 3 is 3.00 bits per heavy atom. The standard InChI is InChI=1S/C14H18N2/c1-9-4-5-13-12(8-9)11-6-7-16(3)10(2)14(11)15-13/h4-5,8,10,15H,6-7H2,1-3H3. The molecule has 0 fully saturated rings. The van der Waals surface area contributed by atoms with Crippen molar-refractivity contribution < 1.29 is 0 Å². The number of aryl methyl sites for hydroxylation is 1. The second-order valence-corrected chi connectivity index (χ2v) is 4.97. The molecule has 1 N–H and O–H groups in total. The van der Waals surface area contributed by atoms with Crippen LogP contribution in [0.25, 0.3) is 10.9 Å². The number of benzene rings is 1. The Labute approximate surface area is 96.3 Å². The predicted octanol–water partition coefficient (Wildman–Crippen LogP) is 3.03. The van der Waals surface area contributed by atoms with E-state index in [1.54, 1.807) is 0 Å². The lowest BCUT2D eigenvalue weighted by Crippen LogP contribution is -2.30. The number of nitrogens with one attached hydrogen (secondary N) is 1. The number of hydrogen-bond acceptors (Lipinski definition) is 1. The molecule has 0 spiro atoms. The molecular formula is C14H18N2. The molecule has 0 radical (unpaired) electrons. The van der Waals surface area contributed by atoms with Crippen molar-refractivity contribution in [1.29, 1.82) is 0 Å². The SMILES string of the molecule is Cc1ccc2[nH]c3c(c2c1)CCN(C)C3C. The average molecular weight is 214 g/mol. The summed E-state index contributed by atoms with van der Waals surface area (Å²) in [4.78, 5) is 5.99. The molecule has 0 saturated carbocycles. The fourth-order valence-corrected chi connectivity index (χ4v) is 2.71. The van der Waals surface area contributed by atoms with Gasteiger partial charge in [0.25, 0.3) is 0 Å². The molecule has 1 aromatic heterocycles. The normalized spacial score (nSPS) is 21.3. The number of hydrogen-bond donors (Lipinski definition) is 1. The minimum absolute atomic E-state index is 0.511. The molecule has 3 rings (SSSR count). The number of H-pyrrole nitrogens is 1. The molecule has 16 heavy (non-hydrogen) atoms. The van der Waals surface area contributed by atoms with Crippen LogP contribution < -0.4 is 0 Å². The van der Waals surface area contributed by atoms with E-state index in [2.05, 4.69) is 49.0 Å². The summed E-state index contributed by atoms with van der Waals surface area (Å²) in [5.74, 6) is 0. The molecule has 2 heterocycles. The van der Waals surface area contributed by atoms with Crippen LogP contribution in [0.15, 0.2) is 18.2 Å². The molecule has 1 aliphatic rings. The summed E-state index contributed by atoms with van der Waals surface area (Å²) < 4.78 is 0. The van der Waals surface area contributed by atoms with Crippen LogP contribution in [0.3, 0.4) is 0 Å². The highest BCUT2D eigenvalue weighted by Gasteiger charge is 2.24. The summed E-state index contributed by atoms with van der Waals surface area (Å²) in [6.07, 6.45) is 1.17. The number of aromatic nitrogens is 1.